The van der Waals surface area contributed by atoms with Gasteiger partial charge in [-0.1, -0.05) is 37.3 Å². The molecule has 0 aromatic heterocycles. The summed E-state index contributed by atoms with van der Waals surface area (Å²) in [6, 6.07) is 8.81. The fourth-order valence-corrected chi connectivity index (χ4v) is 3.77. The van der Waals surface area contributed by atoms with Gasteiger partial charge in [0.2, 0.25) is 5.91 Å². The van der Waals surface area contributed by atoms with Crippen molar-refractivity contribution in [3.8, 4) is 0 Å². The Morgan fingerprint density at radius 3 is 2.41 bits per heavy atom. The number of ether oxygens (including phenoxy) is 2. The zero-order valence-electron chi connectivity index (χ0n) is 15.6. The van der Waals surface area contributed by atoms with Crippen LogP contribution in [0, 0.1) is 0 Å². The zero-order valence-corrected chi connectivity index (χ0v) is 15.6. The van der Waals surface area contributed by atoms with Crippen molar-refractivity contribution in [2.24, 2.45) is 0 Å². The van der Waals surface area contributed by atoms with E-state index in [-0.39, 0.29) is 6.42 Å². The van der Waals surface area contributed by atoms with Crippen LogP contribution in [0.25, 0.3) is 0 Å². The summed E-state index contributed by atoms with van der Waals surface area (Å²) in [5.74, 6) is -2.81. The van der Waals surface area contributed by atoms with Gasteiger partial charge in [0, 0.05) is 6.42 Å². The molecule has 5 N–H and O–H groups in total. The third-order valence-electron chi connectivity index (χ3n) is 5.54. The molecule has 2 aliphatic rings. The minimum atomic E-state index is -1.87. The van der Waals surface area contributed by atoms with Gasteiger partial charge < -0.3 is 29.9 Å². The molecule has 2 amide bonds. The molecule has 2 fully saturated rings. The lowest BCUT2D eigenvalue weighted by Gasteiger charge is -2.43. The zero-order chi connectivity index (χ0) is 21.3. The molecule has 7 atom stereocenters. The van der Waals surface area contributed by atoms with E-state index in [0.717, 1.165) is 0 Å². The summed E-state index contributed by atoms with van der Waals surface area (Å²) in [6.07, 6.45) is -10.0. The molecule has 1 aromatic carbocycles. The second kappa shape index (κ2) is 8.17. The smallest absolute Gasteiger partial charge is 0.335 e. The first kappa shape index (κ1) is 21.3. The van der Waals surface area contributed by atoms with Crippen molar-refractivity contribution in [1.82, 2.24) is 5.32 Å². The first-order chi connectivity index (χ1) is 13.7. The number of piperidine rings is 1. The van der Waals surface area contributed by atoms with E-state index in [0.29, 0.717) is 12.0 Å². The van der Waals surface area contributed by atoms with Crippen molar-refractivity contribution in [2.45, 2.75) is 62.0 Å². The highest BCUT2D eigenvalue weighted by Gasteiger charge is 2.52. The number of carbonyl (C=O) groups is 3. The summed E-state index contributed by atoms with van der Waals surface area (Å²) in [5.41, 5.74) is -0.408. The largest absolute Gasteiger partial charge is 0.479 e. The number of hydrogen-bond donors (Lipinski definition) is 5. The van der Waals surface area contributed by atoms with Crippen molar-refractivity contribution in [3.63, 3.8) is 0 Å². The summed E-state index contributed by atoms with van der Waals surface area (Å²) < 4.78 is 10.6. The van der Waals surface area contributed by atoms with Gasteiger partial charge in [0.1, 0.15) is 24.4 Å². The molecular formula is C19H23NO9. The van der Waals surface area contributed by atoms with Crippen molar-refractivity contribution in [3.05, 3.63) is 35.9 Å². The van der Waals surface area contributed by atoms with Crippen LogP contribution in [0.2, 0.25) is 0 Å². The topological polar surface area (TPSA) is 163 Å². The van der Waals surface area contributed by atoms with E-state index in [1.807, 2.05) is 0 Å². The van der Waals surface area contributed by atoms with Crippen LogP contribution < -0.4 is 5.32 Å². The molecule has 10 nitrogen and oxygen atoms in total. The number of rotatable bonds is 5. The van der Waals surface area contributed by atoms with Gasteiger partial charge in [0.05, 0.1) is 5.41 Å². The van der Waals surface area contributed by atoms with Gasteiger partial charge >= 0.3 is 5.97 Å². The maximum Gasteiger partial charge on any atom is 0.335 e. The molecule has 2 heterocycles. The first-order valence-corrected chi connectivity index (χ1v) is 9.20. The molecule has 10 heteroatoms. The predicted molar refractivity (Wildman–Crippen MR) is 95.4 cm³/mol. The summed E-state index contributed by atoms with van der Waals surface area (Å²) >= 11 is 0. The highest BCUT2D eigenvalue weighted by Crippen LogP contribution is 2.37. The normalized spacial score (nSPS) is 37.8. The summed E-state index contributed by atoms with van der Waals surface area (Å²) in [4.78, 5) is 36.3. The molecule has 1 aromatic rings. The van der Waals surface area contributed by atoms with E-state index in [2.05, 4.69) is 5.32 Å². The Hall–Kier alpha value is -2.37. The third-order valence-corrected chi connectivity index (χ3v) is 5.54. The van der Waals surface area contributed by atoms with Crippen molar-refractivity contribution >= 4 is 17.8 Å². The Bertz CT molecular complexity index is 785. The van der Waals surface area contributed by atoms with Gasteiger partial charge in [-0.15, -0.1) is 0 Å². The van der Waals surface area contributed by atoms with Crippen LogP contribution in [0.5, 0.6) is 0 Å². The number of aliphatic carboxylic acids is 1. The number of hydrogen-bond acceptors (Lipinski definition) is 8. The molecule has 3 rings (SSSR count). The molecule has 158 valence electrons. The molecule has 29 heavy (non-hydrogen) atoms. The Morgan fingerprint density at radius 1 is 1.17 bits per heavy atom. The van der Waals surface area contributed by atoms with Gasteiger partial charge in [0.15, 0.2) is 12.4 Å². The van der Waals surface area contributed by atoms with Gasteiger partial charge in [-0.05, 0) is 12.0 Å². The van der Waals surface area contributed by atoms with Crippen LogP contribution in [-0.4, -0.2) is 75.0 Å². The van der Waals surface area contributed by atoms with Crippen LogP contribution in [0.4, 0.5) is 0 Å². The number of nitrogens with one attached hydrogen (secondary N) is 1. The molecule has 2 unspecified atom stereocenters. The minimum Gasteiger partial charge on any atom is -0.479 e. The Labute approximate surface area is 166 Å². The van der Waals surface area contributed by atoms with Gasteiger partial charge in [0.25, 0.3) is 5.91 Å². The number of aliphatic hydroxyl groups excluding tert-OH is 3. The number of carbonyl (C=O) groups excluding carboxylic acids is 2. The van der Waals surface area contributed by atoms with Crippen molar-refractivity contribution in [1.29, 1.82) is 0 Å². The van der Waals surface area contributed by atoms with E-state index in [1.54, 1.807) is 37.3 Å². The van der Waals surface area contributed by atoms with Crippen molar-refractivity contribution < 1.29 is 44.3 Å². The third kappa shape index (κ3) is 3.77. The van der Waals surface area contributed by atoms with Crippen molar-refractivity contribution in [2.75, 3.05) is 0 Å². The second-order valence-corrected chi connectivity index (χ2v) is 7.18. The fraction of sp³-hybridized carbons (Fsp3) is 0.526. The Kier molecular flexibility index (Phi) is 6.01. The molecular weight excluding hydrogens is 386 g/mol. The fourth-order valence-electron chi connectivity index (χ4n) is 3.77. The lowest BCUT2D eigenvalue weighted by molar-refractivity contribution is -0.303. The first-order valence-electron chi connectivity index (χ1n) is 9.20. The molecule has 0 aliphatic carbocycles. The summed E-state index contributed by atoms with van der Waals surface area (Å²) in [6.45, 7) is 1.78. The quantitative estimate of drug-likeness (QED) is 0.370. The molecule has 0 bridgehead atoms. The van der Waals surface area contributed by atoms with Crippen LogP contribution in [0.3, 0.4) is 0 Å². The molecule has 0 spiro atoms. The van der Waals surface area contributed by atoms with E-state index in [9.17, 15) is 29.7 Å². The van der Waals surface area contributed by atoms with Gasteiger partial charge in [-0.3, -0.25) is 14.9 Å². The summed E-state index contributed by atoms with van der Waals surface area (Å²) in [7, 11) is 0. The number of imide groups is 1. The SMILES string of the molecule is CCC1(c2ccccc2)CC(O[C@@H]2O[C@H](C(=O)O)[C@@H](O)[C@H](O)[C@H]2O)C(=O)NC1=O. The number of benzene rings is 1. The van der Waals surface area contributed by atoms with Crippen LogP contribution in [0.1, 0.15) is 25.3 Å². The summed E-state index contributed by atoms with van der Waals surface area (Å²) in [5, 5.41) is 41.2. The average Bonchev–Trinajstić information content (AvgIpc) is 2.70. The lowest BCUT2D eigenvalue weighted by Crippen LogP contribution is -2.63. The maximum absolute atomic E-state index is 12.7. The number of carboxylic acids is 1. The minimum absolute atomic E-state index is 0.0683. The predicted octanol–water partition coefficient (Wildman–Crippen LogP) is -1.34. The van der Waals surface area contributed by atoms with Gasteiger partial charge in [-0.2, -0.15) is 0 Å². The van der Waals surface area contributed by atoms with Gasteiger partial charge in [-0.25, -0.2) is 4.79 Å². The second-order valence-electron chi connectivity index (χ2n) is 7.18. The van der Waals surface area contributed by atoms with Crippen LogP contribution >= 0.6 is 0 Å². The highest BCUT2D eigenvalue weighted by molar-refractivity contribution is 6.05. The van der Waals surface area contributed by atoms with Crippen LogP contribution in [0.15, 0.2) is 30.3 Å². The van der Waals surface area contributed by atoms with Crippen LogP contribution in [-0.2, 0) is 29.3 Å². The maximum atomic E-state index is 12.7. The monoisotopic (exact) mass is 409 g/mol. The molecule has 0 saturated carbocycles. The highest BCUT2D eigenvalue weighted by atomic mass is 16.7. The number of carboxylic acid groups (broad SMARTS) is 1. The molecule has 0 radical (unpaired) electrons. The van der Waals surface area contributed by atoms with E-state index in [4.69, 9.17) is 14.6 Å². The number of amides is 2. The van der Waals surface area contributed by atoms with E-state index < -0.39 is 60.0 Å². The standard InChI is InChI=1S/C19H23NO9/c1-2-19(9-6-4-3-5-7-9)8-10(15(24)20-18(19)27)28-17-13(23)11(21)12(22)14(29-17)16(25)26/h3-7,10-14,17,21-23H,2,8H2,1H3,(H,25,26)(H,20,24,27)/t10?,11-,12-,13+,14-,17+,19?/m0/s1. The Morgan fingerprint density at radius 2 is 1.83 bits per heavy atom. The average molecular weight is 409 g/mol. The molecule has 2 aliphatic heterocycles. The van der Waals surface area contributed by atoms with E-state index in [1.165, 1.54) is 0 Å². The Balaban J connectivity index is 1.85. The van der Waals surface area contributed by atoms with E-state index >= 15 is 0 Å². The molecule has 2 saturated heterocycles. The lowest BCUT2D eigenvalue weighted by atomic mass is 9.71. The number of aliphatic hydroxyl groups is 3.